The van der Waals surface area contributed by atoms with E-state index in [1.54, 1.807) is 12.1 Å². The van der Waals surface area contributed by atoms with Crippen molar-refractivity contribution < 1.29 is 24.5 Å². The molecule has 0 bridgehead atoms. The van der Waals surface area contributed by atoms with Crippen LogP contribution in [0.2, 0.25) is 0 Å². The number of nitrogens with one attached hydrogen (secondary N) is 1. The number of methoxy groups -OCH3 is 1. The number of aromatic nitrogens is 1. The first-order valence-corrected chi connectivity index (χ1v) is 13.9. The first kappa shape index (κ1) is 26.6. The van der Waals surface area contributed by atoms with Crippen molar-refractivity contribution in [3.8, 4) is 45.4 Å². The Morgan fingerprint density at radius 1 is 0.902 bits per heavy atom. The van der Waals surface area contributed by atoms with Crippen LogP contribution < -0.4 is 10.2 Å². The Morgan fingerprint density at radius 2 is 1.66 bits per heavy atom. The molecule has 4 N–H and O–H groups in total. The van der Waals surface area contributed by atoms with Gasteiger partial charge in [-0.25, -0.2) is 0 Å². The standard InChI is InChI=1S/C34H33NO6/c1-34(14-3-4-15-34)28-17-23(19-35-28)22-7-5-6-20(16-22)8-13-25-30(38)33(40-2)31(39)29-26(37)18-27(41-32(25)29)21-9-11-24(36)12-10-21/h5-7,9-12,16-19,35-36,38-39H,3-4,8,13-15H2,1-2H3. The van der Waals surface area contributed by atoms with E-state index in [4.69, 9.17) is 9.15 Å². The summed E-state index contributed by atoms with van der Waals surface area (Å²) in [6, 6.07) is 18.1. The Kier molecular flexibility index (Phi) is 6.73. The summed E-state index contributed by atoms with van der Waals surface area (Å²) in [7, 11) is 1.33. The molecule has 0 radical (unpaired) electrons. The van der Waals surface area contributed by atoms with Crippen LogP contribution >= 0.6 is 0 Å². The molecule has 1 fully saturated rings. The molecule has 0 unspecified atom stereocenters. The van der Waals surface area contributed by atoms with E-state index >= 15 is 0 Å². The molecule has 0 spiro atoms. The Labute approximate surface area is 237 Å². The zero-order chi connectivity index (χ0) is 28.7. The SMILES string of the molecule is COc1c(O)c(CCc2cccc(-c3c[nH]c(C4(C)CCCC4)c3)c2)c2oc(-c3ccc(O)cc3)cc(=O)c2c1O. The molecule has 0 amide bonds. The van der Waals surface area contributed by atoms with Crippen molar-refractivity contribution in [3.63, 3.8) is 0 Å². The summed E-state index contributed by atoms with van der Waals surface area (Å²) in [6.07, 6.45) is 7.88. The second-order valence-electron chi connectivity index (χ2n) is 11.2. The monoisotopic (exact) mass is 551 g/mol. The number of aromatic hydroxyl groups is 3. The summed E-state index contributed by atoms with van der Waals surface area (Å²) in [4.78, 5) is 16.7. The van der Waals surface area contributed by atoms with E-state index in [1.165, 1.54) is 56.7 Å². The van der Waals surface area contributed by atoms with Crippen LogP contribution in [0.25, 0.3) is 33.4 Å². The van der Waals surface area contributed by atoms with Gasteiger partial charge >= 0.3 is 0 Å². The van der Waals surface area contributed by atoms with Gasteiger partial charge in [-0.2, -0.15) is 0 Å². The number of rotatable bonds is 7. The highest BCUT2D eigenvalue weighted by Gasteiger charge is 2.32. The molecule has 7 nitrogen and oxygen atoms in total. The number of phenolic OH excluding ortho intramolecular Hbond substituents is 3. The lowest BCUT2D eigenvalue weighted by Gasteiger charge is -2.21. The quantitative estimate of drug-likeness (QED) is 0.170. The van der Waals surface area contributed by atoms with Crippen LogP contribution in [0.15, 0.2) is 76.1 Å². The smallest absolute Gasteiger partial charge is 0.204 e. The first-order chi connectivity index (χ1) is 19.8. The third kappa shape index (κ3) is 4.82. The lowest BCUT2D eigenvalue weighted by atomic mass is 9.85. The van der Waals surface area contributed by atoms with E-state index in [0.717, 1.165) is 16.7 Å². The third-order valence-electron chi connectivity index (χ3n) is 8.49. The van der Waals surface area contributed by atoms with Gasteiger partial charge in [0.05, 0.1) is 7.11 Å². The fraction of sp³-hybridized carbons (Fsp3) is 0.265. The van der Waals surface area contributed by atoms with Crippen molar-refractivity contribution in [1.82, 2.24) is 4.98 Å². The van der Waals surface area contributed by atoms with Crippen molar-refractivity contribution >= 4 is 11.0 Å². The Balaban J connectivity index is 1.36. The fourth-order valence-electron chi connectivity index (χ4n) is 6.10. The lowest BCUT2D eigenvalue weighted by Crippen LogP contribution is -2.16. The number of H-pyrrole nitrogens is 1. The molecule has 41 heavy (non-hydrogen) atoms. The van der Waals surface area contributed by atoms with Gasteiger partial charge < -0.3 is 29.5 Å². The van der Waals surface area contributed by atoms with Gasteiger partial charge in [-0.1, -0.05) is 44.0 Å². The zero-order valence-electron chi connectivity index (χ0n) is 23.2. The topological polar surface area (TPSA) is 116 Å². The van der Waals surface area contributed by atoms with Gasteiger partial charge in [0.2, 0.25) is 5.75 Å². The Hall–Kier alpha value is -4.65. The number of ether oxygens (including phenoxy) is 1. The Morgan fingerprint density at radius 3 is 2.39 bits per heavy atom. The van der Waals surface area contributed by atoms with Crippen molar-refractivity contribution in [3.05, 3.63) is 93.9 Å². The predicted molar refractivity (Wildman–Crippen MR) is 159 cm³/mol. The highest BCUT2D eigenvalue weighted by atomic mass is 16.5. The molecule has 1 aliphatic rings. The highest BCUT2D eigenvalue weighted by molar-refractivity contribution is 5.92. The average Bonchev–Trinajstić information content (AvgIpc) is 3.64. The van der Waals surface area contributed by atoms with E-state index < -0.39 is 11.2 Å². The van der Waals surface area contributed by atoms with E-state index in [2.05, 4.69) is 36.3 Å². The summed E-state index contributed by atoms with van der Waals surface area (Å²) in [5.41, 5.74) is 5.36. The van der Waals surface area contributed by atoms with E-state index in [1.807, 2.05) is 12.1 Å². The van der Waals surface area contributed by atoms with Gasteiger partial charge in [0, 0.05) is 34.5 Å². The molecular weight excluding hydrogens is 518 g/mol. The van der Waals surface area contributed by atoms with Crippen LogP contribution in [-0.2, 0) is 18.3 Å². The van der Waals surface area contributed by atoms with Gasteiger partial charge in [-0.05, 0) is 72.7 Å². The summed E-state index contributed by atoms with van der Waals surface area (Å²) in [6.45, 7) is 2.33. The molecule has 2 aromatic heterocycles. The summed E-state index contributed by atoms with van der Waals surface area (Å²) in [5.74, 6) is -0.542. The number of aryl methyl sites for hydroxylation is 2. The number of phenols is 3. The van der Waals surface area contributed by atoms with Crippen LogP contribution in [0.5, 0.6) is 23.0 Å². The summed E-state index contributed by atoms with van der Waals surface area (Å²) < 4.78 is 11.4. The van der Waals surface area contributed by atoms with Gasteiger partial charge in [-0.3, -0.25) is 4.79 Å². The number of benzene rings is 3. The van der Waals surface area contributed by atoms with Gasteiger partial charge in [0.1, 0.15) is 22.5 Å². The molecule has 5 aromatic rings. The van der Waals surface area contributed by atoms with Crippen molar-refractivity contribution in [2.45, 2.75) is 50.9 Å². The van der Waals surface area contributed by atoms with Crippen LogP contribution in [0.1, 0.15) is 49.4 Å². The molecule has 0 aliphatic heterocycles. The normalized spacial score (nSPS) is 14.5. The van der Waals surface area contributed by atoms with Crippen LogP contribution in [0.4, 0.5) is 0 Å². The molecule has 210 valence electrons. The first-order valence-electron chi connectivity index (χ1n) is 13.9. The number of hydrogen-bond acceptors (Lipinski definition) is 6. The molecule has 7 heteroatoms. The minimum absolute atomic E-state index is 0.0498. The molecule has 1 aliphatic carbocycles. The maximum Gasteiger partial charge on any atom is 0.204 e. The minimum Gasteiger partial charge on any atom is -0.508 e. The predicted octanol–water partition coefficient (Wildman–Crippen LogP) is 7.20. The average molecular weight is 552 g/mol. The fourth-order valence-corrected chi connectivity index (χ4v) is 6.10. The molecule has 0 atom stereocenters. The van der Waals surface area contributed by atoms with Gasteiger partial charge in [0.25, 0.3) is 0 Å². The van der Waals surface area contributed by atoms with Crippen LogP contribution in [0, 0.1) is 0 Å². The molecule has 6 rings (SSSR count). The molecular formula is C34H33NO6. The van der Waals surface area contributed by atoms with Crippen molar-refractivity contribution in [2.75, 3.05) is 7.11 Å². The molecule has 1 saturated carbocycles. The van der Waals surface area contributed by atoms with E-state index in [9.17, 15) is 20.1 Å². The number of fused-ring (bicyclic) bond motifs is 1. The van der Waals surface area contributed by atoms with Crippen LogP contribution in [-0.4, -0.2) is 27.4 Å². The van der Waals surface area contributed by atoms with Crippen LogP contribution in [0.3, 0.4) is 0 Å². The van der Waals surface area contributed by atoms with E-state index in [0.29, 0.717) is 24.0 Å². The minimum atomic E-state index is -0.465. The molecule has 0 saturated heterocycles. The highest BCUT2D eigenvalue weighted by Crippen LogP contribution is 2.46. The zero-order valence-corrected chi connectivity index (χ0v) is 23.2. The second kappa shape index (κ2) is 10.4. The largest absolute Gasteiger partial charge is 0.508 e. The third-order valence-corrected chi connectivity index (χ3v) is 8.49. The maximum absolute atomic E-state index is 13.2. The van der Waals surface area contributed by atoms with E-state index in [-0.39, 0.29) is 39.4 Å². The lowest BCUT2D eigenvalue weighted by molar-refractivity contribution is 0.344. The van der Waals surface area contributed by atoms with Gasteiger partial charge in [-0.15, -0.1) is 0 Å². The van der Waals surface area contributed by atoms with Crippen molar-refractivity contribution in [1.29, 1.82) is 0 Å². The number of hydrogen-bond donors (Lipinski definition) is 4. The number of aromatic amines is 1. The summed E-state index contributed by atoms with van der Waals surface area (Å²) >= 11 is 0. The maximum atomic E-state index is 13.2. The summed E-state index contributed by atoms with van der Waals surface area (Å²) in [5, 5.41) is 31.5. The van der Waals surface area contributed by atoms with Gasteiger partial charge in [0.15, 0.2) is 16.9 Å². The molecule has 2 heterocycles. The second-order valence-corrected chi connectivity index (χ2v) is 11.2. The molecule has 3 aromatic carbocycles. The van der Waals surface area contributed by atoms with Crippen molar-refractivity contribution in [2.24, 2.45) is 0 Å². The Bertz CT molecular complexity index is 1790.